The van der Waals surface area contributed by atoms with Gasteiger partial charge in [0.05, 0.1) is 11.0 Å². The standard InChI is InChI=1S/C15H22N2O4/c18-15-5-3-1-2-4-14(15)16-10-11-21-13-8-6-12(7-9-13)17(19)20/h6-9,14-16,18H,1-5,10-11H2. The minimum absolute atomic E-state index is 0.0575. The third-order valence-electron chi connectivity index (χ3n) is 3.80. The number of rotatable bonds is 6. The number of non-ortho nitro benzene ring substituents is 1. The Kier molecular flexibility index (Phi) is 5.95. The predicted octanol–water partition coefficient (Wildman–Crippen LogP) is 2.26. The summed E-state index contributed by atoms with van der Waals surface area (Å²) in [6.07, 6.45) is 5.02. The summed E-state index contributed by atoms with van der Waals surface area (Å²) in [5.41, 5.74) is 0.0575. The normalized spacial score (nSPS) is 22.5. The monoisotopic (exact) mass is 294 g/mol. The molecule has 2 rings (SSSR count). The Morgan fingerprint density at radius 2 is 1.95 bits per heavy atom. The van der Waals surface area contributed by atoms with Gasteiger partial charge in [-0.25, -0.2) is 0 Å². The average Bonchev–Trinajstić information content (AvgIpc) is 2.69. The second-order valence-corrected chi connectivity index (χ2v) is 5.37. The van der Waals surface area contributed by atoms with Crippen molar-refractivity contribution < 1.29 is 14.8 Å². The van der Waals surface area contributed by atoms with Crippen molar-refractivity contribution in [3.05, 3.63) is 34.4 Å². The molecule has 0 bridgehead atoms. The van der Waals surface area contributed by atoms with E-state index in [1.54, 1.807) is 12.1 Å². The van der Waals surface area contributed by atoms with Crippen LogP contribution in [0.2, 0.25) is 0 Å². The SMILES string of the molecule is O=[N+]([O-])c1ccc(OCCNC2CCCCCC2O)cc1. The van der Waals surface area contributed by atoms with Gasteiger partial charge in [0.1, 0.15) is 12.4 Å². The number of nitrogens with zero attached hydrogens (tertiary/aromatic N) is 1. The molecule has 1 aromatic carbocycles. The smallest absolute Gasteiger partial charge is 0.269 e. The van der Waals surface area contributed by atoms with Crippen LogP contribution in [0.15, 0.2) is 24.3 Å². The van der Waals surface area contributed by atoms with E-state index in [0.717, 1.165) is 25.7 Å². The van der Waals surface area contributed by atoms with E-state index >= 15 is 0 Å². The second-order valence-electron chi connectivity index (χ2n) is 5.37. The Bertz CT molecular complexity index is 449. The molecule has 0 amide bonds. The first-order chi connectivity index (χ1) is 10.2. The molecule has 1 fully saturated rings. The van der Waals surface area contributed by atoms with Gasteiger partial charge in [0.15, 0.2) is 0 Å². The van der Waals surface area contributed by atoms with Crippen LogP contribution < -0.4 is 10.1 Å². The van der Waals surface area contributed by atoms with Gasteiger partial charge >= 0.3 is 0 Å². The third-order valence-corrected chi connectivity index (χ3v) is 3.80. The molecule has 0 aliphatic heterocycles. The molecule has 0 saturated heterocycles. The van der Waals surface area contributed by atoms with E-state index < -0.39 is 4.92 Å². The quantitative estimate of drug-likeness (QED) is 0.364. The maximum Gasteiger partial charge on any atom is 0.269 e. The number of ether oxygens (including phenoxy) is 1. The van der Waals surface area contributed by atoms with Crippen molar-refractivity contribution >= 4 is 5.69 Å². The molecule has 2 atom stereocenters. The highest BCUT2D eigenvalue weighted by atomic mass is 16.6. The van der Waals surface area contributed by atoms with Crippen LogP contribution in [0.5, 0.6) is 5.75 Å². The van der Waals surface area contributed by atoms with Crippen molar-refractivity contribution in [3.63, 3.8) is 0 Å². The summed E-state index contributed by atoms with van der Waals surface area (Å²) in [6.45, 7) is 1.12. The fraction of sp³-hybridized carbons (Fsp3) is 0.600. The lowest BCUT2D eigenvalue weighted by Gasteiger charge is -2.21. The van der Waals surface area contributed by atoms with Crippen LogP contribution in [0.4, 0.5) is 5.69 Å². The molecule has 0 radical (unpaired) electrons. The van der Waals surface area contributed by atoms with E-state index in [9.17, 15) is 15.2 Å². The first kappa shape index (κ1) is 15.7. The van der Waals surface area contributed by atoms with Crippen LogP contribution in [0.3, 0.4) is 0 Å². The molecule has 116 valence electrons. The maximum absolute atomic E-state index is 10.5. The molecular formula is C15H22N2O4. The Hall–Kier alpha value is -1.66. The average molecular weight is 294 g/mol. The van der Waals surface area contributed by atoms with Gasteiger partial charge in [-0.05, 0) is 25.0 Å². The number of hydrogen-bond acceptors (Lipinski definition) is 5. The summed E-state index contributed by atoms with van der Waals surface area (Å²) >= 11 is 0. The van der Waals surface area contributed by atoms with Gasteiger partial charge in [-0.2, -0.15) is 0 Å². The van der Waals surface area contributed by atoms with Crippen molar-refractivity contribution in [1.29, 1.82) is 0 Å². The molecule has 0 heterocycles. The molecule has 0 aromatic heterocycles. The summed E-state index contributed by atoms with van der Waals surface area (Å²) < 4.78 is 5.53. The molecule has 0 spiro atoms. The van der Waals surface area contributed by atoms with Crippen LogP contribution >= 0.6 is 0 Å². The number of nitro groups is 1. The molecule has 2 unspecified atom stereocenters. The first-order valence-corrected chi connectivity index (χ1v) is 7.45. The molecule has 1 aliphatic carbocycles. The van der Waals surface area contributed by atoms with E-state index in [1.807, 2.05) is 0 Å². The van der Waals surface area contributed by atoms with Gasteiger partial charge in [0.2, 0.25) is 0 Å². The minimum atomic E-state index is -0.432. The molecule has 6 nitrogen and oxygen atoms in total. The number of hydrogen-bond donors (Lipinski definition) is 2. The number of benzene rings is 1. The van der Waals surface area contributed by atoms with Crippen molar-refractivity contribution in [3.8, 4) is 5.75 Å². The molecule has 1 aliphatic rings. The van der Waals surface area contributed by atoms with E-state index in [2.05, 4.69) is 5.32 Å². The number of aliphatic hydroxyl groups is 1. The highest BCUT2D eigenvalue weighted by Crippen LogP contribution is 2.18. The zero-order chi connectivity index (χ0) is 15.1. The topological polar surface area (TPSA) is 84.6 Å². The largest absolute Gasteiger partial charge is 0.492 e. The molecule has 6 heteroatoms. The van der Waals surface area contributed by atoms with Gasteiger partial charge in [0.25, 0.3) is 5.69 Å². The lowest BCUT2D eigenvalue weighted by molar-refractivity contribution is -0.384. The highest BCUT2D eigenvalue weighted by molar-refractivity contribution is 5.35. The number of aliphatic hydroxyl groups excluding tert-OH is 1. The van der Waals surface area contributed by atoms with Crippen molar-refractivity contribution in [2.45, 2.75) is 44.2 Å². The Morgan fingerprint density at radius 1 is 1.24 bits per heavy atom. The van der Waals surface area contributed by atoms with Gasteiger partial charge in [-0.3, -0.25) is 10.1 Å². The summed E-state index contributed by atoms with van der Waals surface area (Å²) in [5, 5.41) is 23.8. The van der Waals surface area contributed by atoms with Crippen LogP contribution in [-0.2, 0) is 0 Å². The molecular weight excluding hydrogens is 272 g/mol. The number of nitro benzene ring substituents is 1. The summed E-state index contributed by atoms with van der Waals surface area (Å²) in [4.78, 5) is 10.1. The lowest BCUT2D eigenvalue weighted by Crippen LogP contribution is -2.41. The Morgan fingerprint density at radius 3 is 2.67 bits per heavy atom. The third kappa shape index (κ3) is 4.99. The molecule has 2 N–H and O–H groups in total. The molecule has 1 saturated carbocycles. The summed E-state index contributed by atoms with van der Waals surface area (Å²) in [7, 11) is 0. The zero-order valence-electron chi connectivity index (χ0n) is 12.0. The van der Waals surface area contributed by atoms with Crippen LogP contribution in [0, 0.1) is 10.1 Å². The van der Waals surface area contributed by atoms with Crippen LogP contribution in [0.25, 0.3) is 0 Å². The van der Waals surface area contributed by atoms with Crippen LogP contribution in [0.1, 0.15) is 32.1 Å². The zero-order valence-corrected chi connectivity index (χ0v) is 12.0. The lowest BCUT2D eigenvalue weighted by atomic mass is 10.1. The van der Waals surface area contributed by atoms with E-state index in [4.69, 9.17) is 4.74 Å². The van der Waals surface area contributed by atoms with Gasteiger partial charge in [-0.1, -0.05) is 19.3 Å². The Labute approximate surface area is 124 Å². The maximum atomic E-state index is 10.5. The van der Waals surface area contributed by atoms with E-state index in [0.29, 0.717) is 18.9 Å². The Balaban J connectivity index is 1.70. The predicted molar refractivity (Wildman–Crippen MR) is 79.5 cm³/mol. The van der Waals surface area contributed by atoms with Gasteiger partial charge in [-0.15, -0.1) is 0 Å². The second kappa shape index (κ2) is 7.95. The number of nitrogens with one attached hydrogen (secondary N) is 1. The minimum Gasteiger partial charge on any atom is -0.492 e. The van der Waals surface area contributed by atoms with E-state index in [-0.39, 0.29) is 17.8 Å². The van der Waals surface area contributed by atoms with Crippen molar-refractivity contribution in [2.75, 3.05) is 13.2 Å². The van der Waals surface area contributed by atoms with Crippen molar-refractivity contribution in [1.82, 2.24) is 5.32 Å². The van der Waals surface area contributed by atoms with Crippen molar-refractivity contribution in [2.24, 2.45) is 0 Å². The summed E-state index contributed by atoms with van der Waals surface area (Å²) in [5.74, 6) is 0.615. The molecule has 21 heavy (non-hydrogen) atoms. The first-order valence-electron chi connectivity index (χ1n) is 7.45. The highest BCUT2D eigenvalue weighted by Gasteiger charge is 2.20. The van der Waals surface area contributed by atoms with Crippen LogP contribution in [-0.4, -0.2) is 35.3 Å². The fourth-order valence-corrected chi connectivity index (χ4v) is 2.60. The summed E-state index contributed by atoms with van der Waals surface area (Å²) in [6, 6.07) is 6.19. The van der Waals surface area contributed by atoms with Gasteiger partial charge in [0, 0.05) is 24.7 Å². The van der Waals surface area contributed by atoms with Gasteiger partial charge < -0.3 is 15.2 Å². The van der Waals surface area contributed by atoms with E-state index in [1.165, 1.54) is 18.6 Å². The fourth-order valence-electron chi connectivity index (χ4n) is 2.60. The molecule has 1 aromatic rings.